The number of carboxylic acid groups (broad SMARTS) is 1. The Morgan fingerprint density at radius 2 is 1.78 bits per heavy atom. The zero-order valence-electron chi connectivity index (χ0n) is 20.4. The molecule has 10 nitrogen and oxygen atoms in total. The summed E-state index contributed by atoms with van der Waals surface area (Å²) in [4.78, 5) is 44.5. The molecule has 1 atom stereocenters. The van der Waals surface area contributed by atoms with E-state index in [9.17, 15) is 14.4 Å². The first-order valence-corrected chi connectivity index (χ1v) is 12.1. The zero-order chi connectivity index (χ0) is 26.3. The van der Waals surface area contributed by atoms with Crippen molar-refractivity contribution >= 4 is 23.5 Å². The van der Waals surface area contributed by atoms with Crippen LogP contribution in [0.4, 0.5) is 5.69 Å². The lowest BCUT2D eigenvalue weighted by Crippen LogP contribution is -2.51. The number of benzene rings is 1. The summed E-state index contributed by atoms with van der Waals surface area (Å²) in [5, 5.41) is 17.4. The van der Waals surface area contributed by atoms with E-state index in [0.717, 1.165) is 11.3 Å². The van der Waals surface area contributed by atoms with Crippen molar-refractivity contribution < 1.29 is 24.2 Å². The van der Waals surface area contributed by atoms with E-state index in [4.69, 9.17) is 9.84 Å². The molecule has 4 N–H and O–H groups in total. The van der Waals surface area contributed by atoms with E-state index in [1.54, 1.807) is 42.9 Å². The second-order valence-corrected chi connectivity index (χ2v) is 8.24. The maximum Gasteiger partial charge on any atom is 0.303 e. The maximum atomic E-state index is 13.0. The quantitative estimate of drug-likeness (QED) is 0.182. The van der Waals surface area contributed by atoms with Gasteiger partial charge in [0.1, 0.15) is 5.75 Å². The first-order valence-electron chi connectivity index (χ1n) is 12.1. The minimum absolute atomic E-state index is 0.0389. The highest BCUT2D eigenvalue weighted by Crippen LogP contribution is 2.17. The average molecular weight is 506 g/mol. The van der Waals surface area contributed by atoms with Crippen LogP contribution in [0.2, 0.25) is 0 Å². The lowest BCUT2D eigenvalue weighted by molar-refractivity contribution is -0.137. The zero-order valence-corrected chi connectivity index (χ0v) is 20.4. The average Bonchev–Trinajstić information content (AvgIpc) is 2.91. The van der Waals surface area contributed by atoms with E-state index in [1.165, 1.54) is 0 Å². The summed E-state index contributed by atoms with van der Waals surface area (Å²) in [5.74, 6) is -0.943. The molecular formula is C27H31N5O5. The van der Waals surface area contributed by atoms with Gasteiger partial charge in [0.2, 0.25) is 5.91 Å². The molecule has 1 aromatic carbocycles. The van der Waals surface area contributed by atoms with Gasteiger partial charge in [-0.2, -0.15) is 0 Å². The molecule has 0 bridgehead atoms. The van der Waals surface area contributed by atoms with E-state index >= 15 is 0 Å². The number of aryl methyl sites for hydroxylation is 1. The predicted molar refractivity (Wildman–Crippen MR) is 138 cm³/mol. The molecule has 2 heterocycles. The molecule has 0 aliphatic carbocycles. The van der Waals surface area contributed by atoms with Crippen molar-refractivity contribution in [2.24, 2.45) is 0 Å². The third-order valence-corrected chi connectivity index (χ3v) is 5.31. The Morgan fingerprint density at radius 1 is 0.946 bits per heavy atom. The number of ether oxygens (including phenoxy) is 1. The Labute approximate surface area is 215 Å². The molecule has 0 fully saturated rings. The molecule has 0 aliphatic heterocycles. The van der Waals surface area contributed by atoms with Gasteiger partial charge in [-0.3, -0.25) is 24.4 Å². The lowest BCUT2D eigenvalue weighted by Gasteiger charge is -2.21. The third kappa shape index (κ3) is 10.4. The smallest absolute Gasteiger partial charge is 0.303 e. The Hall–Kier alpha value is -4.47. The van der Waals surface area contributed by atoms with E-state index in [0.29, 0.717) is 37.2 Å². The number of rotatable bonds is 15. The number of amides is 2. The molecule has 0 saturated carbocycles. The van der Waals surface area contributed by atoms with Crippen molar-refractivity contribution in [2.75, 3.05) is 18.5 Å². The Bertz CT molecular complexity index is 1130. The first-order chi connectivity index (χ1) is 18.0. The number of carbonyl (C=O) groups excluding carboxylic acids is 2. The van der Waals surface area contributed by atoms with Crippen LogP contribution in [0.1, 0.15) is 30.5 Å². The molecule has 2 aromatic heterocycles. The number of aromatic nitrogens is 2. The minimum atomic E-state index is -0.993. The summed E-state index contributed by atoms with van der Waals surface area (Å²) in [7, 11) is 0. The van der Waals surface area contributed by atoms with Crippen molar-refractivity contribution in [2.45, 2.75) is 38.3 Å². The summed E-state index contributed by atoms with van der Waals surface area (Å²) >= 11 is 0. The maximum absolute atomic E-state index is 13.0. The van der Waals surface area contributed by atoms with E-state index in [1.807, 2.05) is 30.3 Å². The van der Waals surface area contributed by atoms with Crippen LogP contribution in [0.15, 0.2) is 73.2 Å². The van der Waals surface area contributed by atoms with Gasteiger partial charge in [0.25, 0.3) is 5.91 Å². The first kappa shape index (κ1) is 27.1. The molecule has 0 saturated heterocycles. The minimum Gasteiger partial charge on any atom is -0.494 e. The number of anilines is 1. The van der Waals surface area contributed by atoms with Gasteiger partial charge in [0.05, 0.1) is 6.61 Å². The second-order valence-electron chi connectivity index (χ2n) is 8.24. The van der Waals surface area contributed by atoms with Crippen molar-refractivity contribution in [3.05, 3.63) is 84.4 Å². The van der Waals surface area contributed by atoms with Crippen molar-refractivity contribution in [1.82, 2.24) is 20.6 Å². The molecule has 1 unspecified atom stereocenters. The Morgan fingerprint density at radius 3 is 2.49 bits per heavy atom. The normalized spacial score (nSPS) is 11.2. The fraction of sp³-hybridized carbons (Fsp3) is 0.296. The van der Waals surface area contributed by atoms with Gasteiger partial charge < -0.3 is 25.8 Å². The topological polar surface area (TPSA) is 143 Å². The number of carbonyl (C=O) groups is 3. The predicted octanol–water partition coefficient (Wildman–Crippen LogP) is 2.57. The molecule has 10 heteroatoms. The summed E-state index contributed by atoms with van der Waals surface area (Å²) in [6, 6.07) is 16.2. The van der Waals surface area contributed by atoms with Gasteiger partial charge in [0.15, 0.2) is 6.17 Å². The fourth-order valence-corrected chi connectivity index (χ4v) is 3.39. The van der Waals surface area contributed by atoms with Gasteiger partial charge in [0, 0.05) is 55.8 Å². The van der Waals surface area contributed by atoms with Crippen LogP contribution in [-0.2, 0) is 27.2 Å². The monoisotopic (exact) mass is 505 g/mol. The summed E-state index contributed by atoms with van der Waals surface area (Å²) in [5.41, 5.74) is 2.39. The summed E-state index contributed by atoms with van der Waals surface area (Å²) in [6.07, 6.45) is 5.79. The number of hydrogen-bond donors (Lipinski definition) is 4. The van der Waals surface area contributed by atoms with Gasteiger partial charge in [-0.25, -0.2) is 0 Å². The summed E-state index contributed by atoms with van der Waals surface area (Å²) in [6.45, 7) is 0.649. The highest BCUT2D eigenvalue weighted by atomic mass is 16.5. The van der Waals surface area contributed by atoms with Crippen LogP contribution in [0.3, 0.4) is 0 Å². The van der Waals surface area contributed by atoms with Crippen molar-refractivity contribution in [3.8, 4) is 5.75 Å². The van der Waals surface area contributed by atoms with Crippen LogP contribution >= 0.6 is 0 Å². The number of nitrogens with one attached hydrogen (secondary N) is 3. The fourth-order valence-electron chi connectivity index (χ4n) is 3.39. The van der Waals surface area contributed by atoms with Crippen LogP contribution in [0.5, 0.6) is 5.75 Å². The van der Waals surface area contributed by atoms with E-state index in [2.05, 4.69) is 25.9 Å². The van der Waals surface area contributed by atoms with Crippen molar-refractivity contribution in [1.29, 1.82) is 0 Å². The van der Waals surface area contributed by atoms with Crippen LogP contribution in [-0.4, -0.2) is 52.2 Å². The number of carboxylic acids is 1. The number of hydrogen-bond acceptors (Lipinski definition) is 7. The van der Waals surface area contributed by atoms with E-state index < -0.39 is 12.1 Å². The Balaban J connectivity index is 1.57. The van der Waals surface area contributed by atoms with E-state index in [-0.39, 0.29) is 31.3 Å². The SMILES string of the molecule is O=C(O)CCCOc1ccc(NC(NC(=O)CCc2cccnc2)C(=O)NCCc2ccccn2)cc1. The van der Waals surface area contributed by atoms with Crippen LogP contribution < -0.4 is 20.7 Å². The van der Waals surface area contributed by atoms with Crippen molar-refractivity contribution in [3.63, 3.8) is 0 Å². The number of nitrogens with zero attached hydrogens (tertiary/aromatic N) is 2. The lowest BCUT2D eigenvalue weighted by atomic mass is 10.1. The molecule has 0 radical (unpaired) electrons. The largest absolute Gasteiger partial charge is 0.494 e. The molecule has 194 valence electrons. The molecule has 0 spiro atoms. The molecular weight excluding hydrogens is 474 g/mol. The van der Waals surface area contributed by atoms with Gasteiger partial charge >= 0.3 is 5.97 Å². The van der Waals surface area contributed by atoms with Gasteiger partial charge in [-0.1, -0.05) is 12.1 Å². The molecule has 2 amide bonds. The number of aliphatic carboxylic acids is 1. The standard InChI is InChI=1S/C27H31N5O5/c33-24(13-8-20-5-3-15-28-19-20)32-26(27(36)30-17-14-21-6-1-2-16-29-21)31-22-9-11-23(12-10-22)37-18-4-7-25(34)35/h1-3,5-6,9-12,15-16,19,26,31H,4,7-8,13-14,17-18H2,(H,30,36)(H,32,33)(H,34,35). The molecule has 3 aromatic rings. The van der Waals surface area contributed by atoms with Gasteiger partial charge in [-0.15, -0.1) is 0 Å². The molecule has 37 heavy (non-hydrogen) atoms. The van der Waals surface area contributed by atoms with Crippen LogP contribution in [0.25, 0.3) is 0 Å². The van der Waals surface area contributed by atoms with Crippen LogP contribution in [0, 0.1) is 0 Å². The molecule has 0 aliphatic rings. The van der Waals surface area contributed by atoms with Gasteiger partial charge in [-0.05, 0) is 60.9 Å². The Kier molecular flexibility index (Phi) is 10.9. The number of pyridine rings is 2. The summed E-state index contributed by atoms with van der Waals surface area (Å²) < 4.78 is 5.55. The highest BCUT2D eigenvalue weighted by Gasteiger charge is 2.20. The highest BCUT2D eigenvalue weighted by molar-refractivity contribution is 5.89. The third-order valence-electron chi connectivity index (χ3n) is 5.31. The second kappa shape index (κ2) is 14.8. The molecule has 3 rings (SSSR count).